The maximum atomic E-state index is 9.86. The summed E-state index contributed by atoms with van der Waals surface area (Å²) < 4.78 is 0. The van der Waals surface area contributed by atoms with Crippen molar-refractivity contribution in [2.45, 2.75) is 26.4 Å². The first kappa shape index (κ1) is 13.8. The number of rotatable bonds is 4. The van der Waals surface area contributed by atoms with E-state index in [4.69, 9.17) is 16.9 Å². The average Bonchev–Trinajstić information content (AvgIpc) is 2.24. The van der Waals surface area contributed by atoms with Crippen molar-refractivity contribution < 1.29 is 5.11 Å². The van der Waals surface area contributed by atoms with Crippen LogP contribution in [0.25, 0.3) is 0 Å². The molecule has 0 radical (unpaired) electrons. The van der Waals surface area contributed by atoms with E-state index in [9.17, 15) is 5.11 Å². The van der Waals surface area contributed by atoms with Crippen LogP contribution in [-0.2, 0) is 0 Å². The Morgan fingerprint density at radius 2 is 2.12 bits per heavy atom. The number of nitrogens with zero attached hydrogens (tertiary/aromatic N) is 2. The second-order valence-electron chi connectivity index (χ2n) is 4.60. The third-order valence-corrected chi connectivity index (χ3v) is 2.62. The van der Waals surface area contributed by atoms with Gasteiger partial charge < -0.3 is 10.0 Å². The van der Waals surface area contributed by atoms with Gasteiger partial charge in [-0.2, -0.15) is 5.26 Å². The van der Waals surface area contributed by atoms with Gasteiger partial charge in [0.05, 0.1) is 16.9 Å². The first-order valence-electron chi connectivity index (χ1n) is 5.54. The van der Waals surface area contributed by atoms with Gasteiger partial charge in [-0.3, -0.25) is 0 Å². The van der Waals surface area contributed by atoms with E-state index < -0.39 is 5.60 Å². The molecular formula is C13H17ClN2O. The van der Waals surface area contributed by atoms with E-state index >= 15 is 0 Å². The quantitative estimate of drug-likeness (QED) is 0.896. The van der Waals surface area contributed by atoms with Crippen LogP contribution < -0.4 is 4.90 Å². The Morgan fingerprint density at radius 1 is 1.47 bits per heavy atom. The van der Waals surface area contributed by atoms with Crippen molar-refractivity contribution >= 4 is 17.3 Å². The molecule has 0 heterocycles. The molecule has 0 bridgehead atoms. The van der Waals surface area contributed by atoms with E-state index in [0.717, 1.165) is 5.69 Å². The molecule has 0 atom stereocenters. The molecule has 1 N–H and O–H groups in total. The minimum absolute atomic E-state index is 0.457. The minimum Gasteiger partial charge on any atom is -0.389 e. The van der Waals surface area contributed by atoms with Crippen LogP contribution in [0, 0.1) is 11.3 Å². The van der Waals surface area contributed by atoms with Gasteiger partial charge in [0.1, 0.15) is 6.07 Å². The number of hydrogen-bond acceptors (Lipinski definition) is 3. The predicted molar refractivity (Wildman–Crippen MR) is 70.4 cm³/mol. The second-order valence-corrected chi connectivity index (χ2v) is 5.04. The number of anilines is 1. The summed E-state index contributed by atoms with van der Waals surface area (Å²) in [5.74, 6) is 0. The number of nitriles is 1. The van der Waals surface area contributed by atoms with Crippen LogP contribution in [0.2, 0.25) is 5.02 Å². The Morgan fingerprint density at radius 3 is 2.59 bits per heavy atom. The number of aliphatic hydroxyl groups is 1. The highest BCUT2D eigenvalue weighted by molar-refractivity contribution is 6.30. The van der Waals surface area contributed by atoms with Crippen LogP contribution in [0.4, 0.5) is 5.69 Å². The summed E-state index contributed by atoms with van der Waals surface area (Å²) in [6, 6.07) is 7.30. The van der Waals surface area contributed by atoms with E-state index in [2.05, 4.69) is 6.07 Å². The van der Waals surface area contributed by atoms with E-state index in [1.54, 1.807) is 32.0 Å². The van der Waals surface area contributed by atoms with Gasteiger partial charge >= 0.3 is 0 Å². The third-order valence-electron chi connectivity index (χ3n) is 2.38. The van der Waals surface area contributed by atoms with E-state index in [0.29, 0.717) is 23.7 Å². The molecule has 4 heteroatoms. The molecule has 0 aliphatic rings. The highest BCUT2D eigenvalue weighted by Crippen LogP contribution is 2.25. The van der Waals surface area contributed by atoms with Crippen molar-refractivity contribution in [2.24, 2.45) is 0 Å². The molecule has 0 aliphatic heterocycles. The molecule has 0 saturated heterocycles. The Balaban J connectivity index is 3.11. The van der Waals surface area contributed by atoms with E-state index in [-0.39, 0.29) is 0 Å². The normalized spacial score (nSPS) is 11.1. The van der Waals surface area contributed by atoms with Crippen LogP contribution in [0.5, 0.6) is 0 Å². The lowest BCUT2D eigenvalue weighted by atomic mass is 10.1. The monoisotopic (exact) mass is 252 g/mol. The summed E-state index contributed by atoms with van der Waals surface area (Å²) in [5, 5.41) is 19.5. The Hall–Kier alpha value is -1.24. The van der Waals surface area contributed by atoms with Gasteiger partial charge in [-0.05, 0) is 39.0 Å². The predicted octanol–water partition coefficient (Wildman–Crippen LogP) is 2.81. The van der Waals surface area contributed by atoms with Crippen molar-refractivity contribution in [3.63, 3.8) is 0 Å². The zero-order valence-corrected chi connectivity index (χ0v) is 11.1. The van der Waals surface area contributed by atoms with E-state index in [1.165, 1.54) is 0 Å². The van der Waals surface area contributed by atoms with Gasteiger partial charge in [0.25, 0.3) is 0 Å². The maximum Gasteiger partial charge on any atom is 0.101 e. The molecule has 0 aliphatic carbocycles. The smallest absolute Gasteiger partial charge is 0.101 e. The van der Waals surface area contributed by atoms with Crippen LogP contribution >= 0.6 is 11.6 Å². The zero-order valence-electron chi connectivity index (χ0n) is 10.4. The SMILES string of the molecule is CCN(CC(C)(C)O)c1cc(Cl)ccc1C#N. The first-order valence-corrected chi connectivity index (χ1v) is 5.92. The fourth-order valence-corrected chi connectivity index (χ4v) is 1.86. The fraction of sp³-hybridized carbons (Fsp3) is 0.462. The van der Waals surface area contributed by atoms with Gasteiger partial charge in [-0.25, -0.2) is 0 Å². The summed E-state index contributed by atoms with van der Waals surface area (Å²) in [6.07, 6.45) is 0. The van der Waals surface area contributed by atoms with Crippen LogP contribution in [-0.4, -0.2) is 23.8 Å². The number of hydrogen-bond donors (Lipinski definition) is 1. The largest absolute Gasteiger partial charge is 0.389 e. The molecule has 1 aromatic rings. The molecular weight excluding hydrogens is 236 g/mol. The molecule has 0 fully saturated rings. The lowest BCUT2D eigenvalue weighted by molar-refractivity contribution is 0.0876. The molecule has 0 amide bonds. The Kier molecular flexibility index (Phi) is 4.39. The summed E-state index contributed by atoms with van der Waals surface area (Å²) in [6.45, 7) is 6.63. The highest BCUT2D eigenvalue weighted by Gasteiger charge is 2.19. The van der Waals surface area contributed by atoms with Crippen molar-refractivity contribution in [1.29, 1.82) is 5.26 Å². The van der Waals surface area contributed by atoms with Crippen molar-refractivity contribution in [3.8, 4) is 6.07 Å². The van der Waals surface area contributed by atoms with Crippen LogP contribution in [0.1, 0.15) is 26.3 Å². The van der Waals surface area contributed by atoms with Gasteiger partial charge in [-0.1, -0.05) is 11.6 Å². The number of halogens is 1. The Bertz CT molecular complexity index is 432. The van der Waals surface area contributed by atoms with Gasteiger partial charge in [0.2, 0.25) is 0 Å². The van der Waals surface area contributed by atoms with Crippen LogP contribution in [0.15, 0.2) is 18.2 Å². The number of benzene rings is 1. The minimum atomic E-state index is -0.814. The zero-order chi connectivity index (χ0) is 13.1. The third kappa shape index (κ3) is 3.92. The highest BCUT2D eigenvalue weighted by atomic mass is 35.5. The van der Waals surface area contributed by atoms with Gasteiger partial charge in [0, 0.05) is 18.1 Å². The molecule has 17 heavy (non-hydrogen) atoms. The van der Waals surface area contributed by atoms with E-state index in [1.807, 2.05) is 11.8 Å². The topological polar surface area (TPSA) is 47.3 Å². The summed E-state index contributed by atoms with van der Waals surface area (Å²) >= 11 is 5.95. The lowest BCUT2D eigenvalue weighted by Gasteiger charge is -2.30. The summed E-state index contributed by atoms with van der Waals surface area (Å²) in [5.41, 5.74) is 0.524. The molecule has 0 saturated carbocycles. The maximum absolute atomic E-state index is 9.86. The average molecular weight is 253 g/mol. The van der Waals surface area contributed by atoms with Crippen molar-refractivity contribution in [1.82, 2.24) is 0 Å². The van der Waals surface area contributed by atoms with Gasteiger partial charge in [0.15, 0.2) is 0 Å². The Labute approximate surface area is 107 Å². The second kappa shape index (κ2) is 5.39. The van der Waals surface area contributed by atoms with Crippen molar-refractivity contribution in [3.05, 3.63) is 28.8 Å². The standard InChI is InChI=1S/C13H17ClN2O/c1-4-16(9-13(2,3)17)12-7-11(14)6-5-10(12)8-15/h5-7,17H,4,9H2,1-3H3. The molecule has 0 unspecified atom stereocenters. The molecule has 92 valence electrons. The molecule has 3 nitrogen and oxygen atoms in total. The van der Waals surface area contributed by atoms with Crippen molar-refractivity contribution in [2.75, 3.05) is 18.0 Å². The van der Waals surface area contributed by atoms with Crippen LogP contribution in [0.3, 0.4) is 0 Å². The molecule has 1 aromatic carbocycles. The lowest BCUT2D eigenvalue weighted by Crippen LogP contribution is -2.39. The molecule has 0 aromatic heterocycles. The van der Waals surface area contributed by atoms with Gasteiger partial charge in [-0.15, -0.1) is 0 Å². The summed E-state index contributed by atoms with van der Waals surface area (Å²) in [7, 11) is 0. The first-order chi connectivity index (χ1) is 7.87. The summed E-state index contributed by atoms with van der Waals surface area (Å²) in [4.78, 5) is 1.95. The molecule has 1 rings (SSSR count). The fourth-order valence-electron chi connectivity index (χ4n) is 1.70. The number of likely N-dealkylation sites (N-methyl/N-ethyl adjacent to an activating group) is 1. The molecule has 0 spiro atoms.